The van der Waals surface area contributed by atoms with Crippen LogP contribution in [0.4, 0.5) is 11.6 Å². The number of ether oxygens (including phenoxy) is 1. The summed E-state index contributed by atoms with van der Waals surface area (Å²) in [5.41, 5.74) is 5.97. The molecule has 1 aromatic heterocycles. The lowest BCUT2D eigenvalue weighted by atomic mass is 10.3. The molecule has 19 heavy (non-hydrogen) atoms. The molecule has 0 spiro atoms. The lowest BCUT2D eigenvalue weighted by Gasteiger charge is -2.07. The van der Waals surface area contributed by atoms with Crippen LogP contribution in [0.25, 0.3) is 0 Å². The SMILES string of the molecule is Cc1cc(Oc2cc([N+](=O)[O-])ccc2Cl)nc(N)n1. The van der Waals surface area contributed by atoms with Crippen LogP contribution >= 0.6 is 11.6 Å². The van der Waals surface area contributed by atoms with Crippen molar-refractivity contribution in [1.29, 1.82) is 0 Å². The Morgan fingerprint density at radius 1 is 1.37 bits per heavy atom. The lowest BCUT2D eigenvalue weighted by Crippen LogP contribution is -1.99. The van der Waals surface area contributed by atoms with E-state index in [1.165, 1.54) is 18.2 Å². The molecule has 2 N–H and O–H groups in total. The fourth-order valence-electron chi connectivity index (χ4n) is 1.41. The smallest absolute Gasteiger partial charge is 0.273 e. The Morgan fingerprint density at radius 2 is 2.11 bits per heavy atom. The fraction of sp³-hybridized carbons (Fsp3) is 0.0909. The molecule has 0 aliphatic carbocycles. The van der Waals surface area contributed by atoms with Gasteiger partial charge in [0.05, 0.1) is 16.0 Å². The van der Waals surface area contributed by atoms with Crippen molar-refractivity contribution in [3.05, 3.63) is 45.1 Å². The van der Waals surface area contributed by atoms with Gasteiger partial charge in [-0.25, -0.2) is 4.98 Å². The Hall–Kier alpha value is -2.41. The maximum Gasteiger partial charge on any atom is 0.273 e. The van der Waals surface area contributed by atoms with Gasteiger partial charge in [0, 0.05) is 17.8 Å². The van der Waals surface area contributed by atoms with Crippen molar-refractivity contribution >= 4 is 23.2 Å². The van der Waals surface area contributed by atoms with Crippen molar-refractivity contribution in [2.45, 2.75) is 6.92 Å². The molecule has 98 valence electrons. The highest BCUT2D eigenvalue weighted by molar-refractivity contribution is 6.32. The van der Waals surface area contributed by atoms with Crippen LogP contribution in [-0.4, -0.2) is 14.9 Å². The molecule has 0 aliphatic rings. The summed E-state index contributed by atoms with van der Waals surface area (Å²) in [5.74, 6) is 0.359. The number of aromatic nitrogens is 2. The zero-order chi connectivity index (χ0) is 14.0. The fourth-order valence-corrected chi connectivity index (χ4v) is 1.57. The lowest BCUT2D eigenvalue weighted by molar-refractivity contribution is -0.384. The van der Waals surface area contributed by atoms with E-state index in [4.69, 9.17) is 22.1 Å². The Labute approximate surface area is 113 Å². The number of nitrogens with zero attached hydrogens (tertiary/aromatic N) is 3. The molecule has 0 atom stereocenters. The third-order valence-electron chi connectivity index (χ3n) is 2.19. The zero-order valence-corrected chi connectivity index (χ0v) is 10.6. The molecular weight excluding hydrogens is 272 g/mol. The Kier molecular flexibility index (Phi) is 3.48. The number of rotatable bonds is 3. The number of hydrogen-bond acceptors (Lipinski definition) is 6. The van der Waals surface area contributed by atoms with Crippen molar-refractivity contribution in [1.82, 2.24) is 9.97 Å². The molecule has 0 saturated heterocycles. The van der Waals surface area contributed by atoms with Gasteiger partial charge < -0.3 is 10.5 Å². The predicted molar refractivity (Wildman–Crippen MR) is 69.4 cm³/mol. The van der Waals surface area contributed by atoms with Crippen molar-refractivity contribution in [3.8, 4) is 11.6 Å². The standard InChI is InChI=1S/C11H9ClN4O3/c1-6-4-10(15-11(13)14-6)19-9-5-7(16(17)18)2-3-8(9)12/h2-5H,1H3,(H2,13,14,15). The summed E-state index contributed by atoms with van der Waals surface area (Å²) < 4.78 is 5.39. The number of benzene rings is 1. The van der Waals surface area contributed by atoms with Gasteiger partial charge in [0.2, 0.25) is 11.8 Å². The van der Waals surface area contributed by atoms with Gasteiger partial charge in [-0.3, -0.25) is 10.1 Å². The molecule has 1 aromatic carbocycles. The summed E-state index contributed by atoms with van der Waals surface area (Å²) >= 11 is 5.91. The summed E-state index contributed by atoms with van der Waals surface area (Å²) in [6, 6.07) is 5.43. The molecule has 1 heterocycles. The van der Waals surface area contributed by atoms with Gasteiger partial charge in [-0.1, -0.05) is 11.6 Å². The quantitative estimate of drug-likeness (QED) is 0.684. The van der Waals surface area contributed by atoms with Crippen LogP contribution in [0.5, 0.6) is 11.6 Å². The van der Waals surface area contributed by atoms with Crippen molar-refractivity contribution in [3.63, 3.8) is 0 Å². The number of hydrogen-bond donors (Lipinski definition) is 1. The van der Waals surface area contributed by atoms with Crippen molar-refractivity contribution in [2.24, 2.45) is 0 Å². The topological polar surface area (TPSA) is 104 Å². The van der Waals surface area contributed by atoms with E-state index in [0.717, 1.165) is 0 Å². The van der Waals surface area contributed by atoms with E-state index >= 15 is 0 Å². The van der Waals surface area contributed by atoms with Gasteiger partial charge in [-0.05, 0) is 13.0 Å². The highest BCUT2D eigenvalue weighted by Gasteiger charge is 2.12. The van der Waals surface area contributed by atoms with Crippen molar-refractivity contribution < 1.29 is 9.66 Å². The molecule has 0 amide bonds. The second-order valence-corrected chi connectivity index (χ2v) is 4.09. The molecule has 2 aromatic rings. The highest BCUT2D eigenvalue weighted by atomic mass is 35.5. The molecule has 2 rings (SSSR count). The Balaban J connectivity index is 2.37. The summed E-state index contributed by atoms with van der Waals surface area (Å²) in [6.07, 6.45) is 0. The number of non-ortho nitro benzene ring substituents is 1. The first-order chi connectivity index (χ1) is 8.95. The second kappa shape index (κ2) is 5.07. The number of nitro benzene ring substituents is 1. The Bertz CT molecular complexity index is 628. The number of aryl methyl sites for hydroxylation is 1. The minimum absolute atomic E-state index is 0.0524. The summed E-state index contributed by atoms with van der Waals surface area (Å²) in [7, 11) is 0. The monoisotopic (exact) mass is 280 g/mol. The van der Waals surface area contributed by atoms with Crippen LogP contribution in [0.15, 0.2) is 24.3 Å². The number of nitrogen functional groups attached to an aromatic ring is 1. The van der Waals surface area contributed by atoms with E-state index in [-0.39, 0.29) is 28.3 Å². The number of nitro groups is 1. The second-order valence-electron chi connectivity index (χ2n) is 3.68. The normalized spacial score (nSPS) is 10.2. The first-order valence-corrected chi connectivity index (χ1v) is 5.56. The third kappa shape index (κ3) is 3.08. The third-order valence-corrected chi connectivity index (χ3v) is 2.50. The summed E-state index contributed by atoms with van der Waals surface area (Å²) in [4.78, 5) is 17.9. The molecule has 0 aliphatic heterocycles. The van der Waals surface area contributed by atoms with Gasteiger partial charge in [0.1, 0.15) is 0 Å². The van der Waals surface area contributed by atoms with Gasteiger partial charge in [0.25, 0.3) is 5.69 Å². The molecule has 0 unspecified atom stereocenters. The highest BCUT2D eigenvalue weighted by Crippen LogP contribution is 2.32. The summed E-state index contributed by atoms with van der Waals surface area (Å²) in [5, 5.41) is 10.9. The van der Waals surface area contributed by atoms with Crippen LogP contribution in [-0.2, 0) is 0 Å². The van der Waals surface area contributed by atoms with Gasteiger partial charge in [0.15, 0.2) is 5.75 Å². The van der Waals surface area contributed by atoms with E-state index in [1.54, 1.807) is 13.0 Å². The van der Waals surface area contributed by atoms with E-state index in [9.17, 15) is 10.1 Å². The predicted octanol–water partition coefficient (Wildman–Crippen LogP) is 2.72. The molecule has 0 saturated carbocycles. The molecule has 0 radical (unpaired) electrons. The van der Waals surface area contributed by atoms with Gasteiger partial charge in [-0.15, -0.1) is 0 Å². The number of anilines is 1. The van der Waals surface area contributed by atoms with Gasteiger partial charge in [-0.2, -0.15) is 4.98 Å². The maximum absolute atomic E-state index is 10.7. The molecule has 0 fully saturated rings. The maximum atomic E-state index is 10.7. The minimum atomic E-state index is -0.539. The van der Waals surface area contributed by atoms with E-state index in [0.29, 0.717) is 5.69 Å². The van der Waals surface area contributed by atoms with Crippen LogP contribution in [0.3, 0.4) is 0 Å². The molecule has 8 heteroatoms. The minimum Gasteiger partial charge on any atom is -0.437 e. The van der Waals surface area contributed by atoms with E-state index in [1.807, 2.05) is 0 Å². The first-order valence-electron chi connectivity index (χ1n) is 5.18. The van der Waals surface area contributed by atoms with Crippen LogP contribution in [0, 0.1) is 17.0 Å². The van der Waals surface area contributed by atoms with Gasteiger partial charge >= 0.3 is 0 Å². The Morgan fingerprint density at radius 3 is 2.74 bits per heavy atom. The molecule has 7 nitrogen and oxygen atoms in total. The summed E-state index contributed by atoms with van der Waals surface area (Å²) in [6.45, 7) is 1.72. The largest absolute Gasteiger partial charge is 0.437 e. The van der Waals surface area contributed by atoms with Crippen LogP contribution in [0.1, 0.15) is 5.69 Å². The number of halogens is 1. The molecule has 0 bridgehead atoms. The van der Waals surface area contributed by atoms with Crippen LogP contribution in [0.2, 0.25) is 5.02 Å². The van der Waals surface area contributed by atoms with Crippen molar-refractivity contribution in [2.75, 3.05) is 5.73 Å². The first kappa shape index (κ1) is 13.0. The van der Waals surface area contributed by atoms with Crippen LogP contribution < -0.4 is 10.5 Å². The van der Waals surface area contributed by atoms with E-state index < -0.39 is 4.92 Å². The number of nitrogens with two attached hydrogens (primary N) is 1. The average molecular weight is 281 g/mol. The van der Waals surface area contributed by atoms with E-state index in [2.05, 4.69) is 9.97 Å². The molecular formula is C11H9ClN4O3. The average Bonchev–Trinajstić information content (AvgIpc) is 2.30. The zero-order valence-electron chi connectivity index (χ0n) is 9.83.